The smallest absolute Gasteiger partial charge is 0.0445 e. The van der Waals surface area contributed by atoms with E-state index in [2.05, 4.69) is 24.5 Å². The lowest BCUT2D eigenvalue weighted by molar-refractivity contribution is 0.192. The summed E-state index contributed by atoms with van der Waals surface area (Å²) in [6, 6.07) is 1.01. The number of aliphatic hydroxyl groups is 1. The number of aliphatic hydroxyl groups excluding tert-OH is 1. The Kier molecular flexibility index (Phi) is 3.98. The van der Waals surface area contributed by atoms with Gasteiger partial charge in [0.1, 0.15) is 0 Å². The van der Waals surface area contributed by atoms with Gasteiger partial charge in [0.2, 0.25) is 0 Å². The zero-order chi connectivity index (χ0) is 8.97. The fraction of sp³-hybridized carbons (Fsp3) is 1.00. The monoisotopic (exact) mass is 172 g/mol. The summed E-state index contributed by atoms with van der Waals surface area (Å²) in [4.78, 5) is 0. The second-order valence-electron chi connectivity index (χ2n) is 3.86. The van der Waals surface area contributed by atoms with Crippen molar-refractivity contribution in [2.45, 2.75) is 32.4 Å². The Morgan fingerprint density at radius 2 is 2.17 bits per heavy atom. The molecule has 72 valence electrons. The van der Waals surface area contributed by atoms with Crippen molar-refractivity contribution in [2.75, 3.05) is 19.7 Å². The molecule has 0 amide bonds. The summed E-state index contributed by atoms with van der Waals surface area (Å²) in [5.41, 5.74) is 0. The quantitative estimate of drug-likeness (QED) is 0.545. The van der Waals surface area contributed by atoms with Crippen LogP contribution in [0.4, 0.5) is 0 Å². The Bertz CT molecular complexity index is 124. The summed E-state index contributed by atoms with van der Waals surface area (Å²) in [7, 11) is 0. The van der Waals surface area contributed by atoms with Crippen LogP contribution in [-0.2, 0) is 0 Å². The van der Waals surface area contributed by atoms with Crippen LogP contribution in [0.2, 0.25) is 0 Å². The molecule has 0 aliphatic carbocycles. The molecule has 0 saturated carbocycles. The van der Waals surface area contributed by atoms with E-state index in [-0.39, 0.29) is 0 Å². The van der Waals surface area contributed by atoms with Crippen molar-refractivity contribution in [2.24, 2.45) is 5.92 Å². The van der Waals surface area contributed by atoms with Crippen LogP contribution in [0.25, 0.3) is 0 Å². The third-order valence-electron chi connectivity index (χ3n) is 2.37. The highest BCUT2D eigenvalue weighted by molar-refractivity contribution is 4.86. The van der Waals surface area contributed by atoms with Crippen molar-refractivity contribution in [3.63, 3.8) is 0 Å². The molecule has 1 aliphatic heterocycles. The predicted octanol–water partition coefficient (Wildman–Crippen LogP) is -0.0452. The molecule has 1 heterocycles. The maximum Gasteiger partial charge on any atom is 0.0445 e. The van der Waals surface area contributed by atoms with Crippen molar-refractivity contribution < 1.29 is 5.11 Å². The van der Waals surface area contributed by atoms with Crippen LogP contribution < -0.4 is 10.6 Å². The first-order chi connectivity index (χ1) is 5.74. The molecule has 1 rings (SSSR count). The molecule has 0 radical (unpaired) electrons. The van der Waals surface area contributed by atoms with Gasteiger partial charge in [0, 0.05) is 31.8 Å². The first-order valence-electron chi connectivity index (χ1n) is 4.81. The summed E-state index contributed by atoms with van der Waals surface area (Å²) in [6.45, 7) is 6.79. The molecule has 3 heteroatoms. The van der Waals surface area contributed by atoms with Gasteiger partial charge in [-0.25, -0.2) is 0 Å². The molecule has 0 aromatic rings. The predicted molar refractivity (Wildman–Crippen MR) is 50.1 cm³/mol. The molecule has 3 nitrogen and oxygen atoms in total. The van der Waals surface area contributed by atoms with E-state index >= 15 is 0 Å². The molecular weight excluding hydrogens is 152 g/mol. The van der Waals surface area contributed by atoms with Crippen molar-refractivity contribution >= 4 is 0 Å². The summed E-state index contributed by atoms with van der Waals surface area (Å²) in [5.74, 6) is 0.722. The van der Waals surface area contributed by atoms with E-state index < -0.39 is 0 Å². The van der Waals surface area contributed by atoms with E-state index in [0.717, 1.165) is 25.4 Å². The largest absolute Gasteiger partial charge is 0.396 e. The van der Waals surface area contributed by atoms with Crippen molar-refractivity contribution in [1.82, 2.24) is 10.6 Å². The van der Waals surface area contributed by atoms with Crippen molar-refractivity contribution in [1.29, 1.82) is 0 Å². The molecular formula is C9H20N2O. The van der Waals surface area contributed by atoms with Crippen molar-refractivity contribution in [3.8, 4) is 0 Å². The molecule has 0 bridgehead atoms. The van der Waals surface area contributed by atoms with Crippen LogP contribution in [0, 0.1) is 5.92 Å². The van der Waals surface area contributed by atoms with Gasteiger partial charge in [-0.2, -0.15) is 0 Å². The number of hydrogen-bond donors (Lipinski definition) is 3. The van der Waals surface area contributed by atoms with Gasteiger partial charge in [0.15, 0.2) is 0 Å². The average molecular weight is 172 g/mol. The summed E-state index contributed by atoms with van der Waals surface area (Å²) >= 11 is 0. The number of rotatable bonds is 5. The van der Waals surface area contributed by atoms with E-state index in [1.165, 1.54) is 0 Å². The molecule has 0 spiro atoms. The molecule has 0 aromatic carbocycles. The van der Waals surface area contributed by atoms with Gasteiger partial charge in [-0.1, -0.05) is 13.8 Å². The maximum atomic E-state index is 8.86. The van der Waals surface area contributed by atoms with Crippen LogP contribution in [0.3, 0.4) is 0 Å². The van der Waals surface area contributed by atoms with Gasteiger partial charge in [-0.15, -0.1) is 0 Å². The van der Waals surface area contributed by atoms with Gasteiger partial charge in [-0.3, -0.25) is 0 Å². The van der Waals surface area contributed by atoms with E-state index in [4.69, 9.17) is 5.11 Å². The third-order valence-corrected chi connectivity index (χ3v) is 2.37. The van der Waals surface area contributed by atoms with Gasteiger partial charge in [-0.05, 0) is 12.3 Å². The Morgan fingerprint density at radius 3 is 2.50 bits per heavy atom. The lowest BCUT2D eigenvalue weighted by Gasteiger charge is -2.36. The van der Waals surface area contributed by atoms with Gasteiger partial charge in [0.25, 0.3) is 0 Å². The van der Waals surface area contributed by atoms with Crippen molar-refractivity contribution in [3.05, 3.63) is 0 Å². The highest BCUT2D eigenvalue weighted by Crippen LogP contribution is 2.12. The van der Waals surface area contributed by atoms with Gasteiger partial charge < -0.3 is 15.7 Å². The van der Waals surface area contributed by atoms with Gasteiger partial charge >= 0.3 is 0 Å². The second kappa shape index (κ2) is 4.80. The number of nitrogens with one attached hydrogen (secondary N) is 2. The van der Waals surface area contributed by atoms with E-state index in [0.29, 0.717) is 18.7 Å². The summed E-state index contributed by atoms with van der Waals surface area (Å²) in [6.07, 6.45) is 0.879. The first kappa shape index (κ1) is 9.96. The number of hydrogen-bond acceptors (Lipinski definition) is 3. The summed E-state index contributed by atoms with van der Waals surface area (Å²) in [5, 5.41) is 15.6. The SMILES string of the molecule is CC(C)N[C@H](CCO)C1CNC1. The lowest BCUT2D eigenvalue weighted by Crippen LogP contribution is -2.54. The fourth-order valence-electron chi connectivity index (χ4n) is 1.62. The molecule has 1 aliphatic rings. The van der Waals surface area contributed by atoms with Crippen LogP contribution in [0.1, 0.15) is 20.3 Å². The standard InChI is InChI=1S/C9H20N2O/c1-7(2)11-9(3-4-12)8-5-10-6-8/h7-12H,3-6H2,1-2H3/t9-/m1/s1. The molecule has 1 atom stereocenters. The summed E-state index contributed by atoms with van der Waals surface area (Å²) < 4.78 is 0. The molecule has 0 unspecified atom stereocenters. The highest BCUT2D eigenvalue weighted by Gasteiger charge is 2.26. The minimum atomic E-state index is 0.293. The molecule has 0 aromatic heterocycles. The molecule has 3 N–H and O–H groups in total. The zero-order valence-corrected chi connectivity index (χ0v) is 8.01. The zero-order valence-electron chi connectivity index (χ0n) is 8.01. The van der Waals surface area contributed by atoms with Crippen LogP contribution in [0.15, 0.2) is 0 Å². The lowest BCUT2D eigenvalue weighted by atomic mass is 9.91. The molecule has 12 heavy (non-hydrogen) atoms. The Morgan fingerprint density at radius 1 is 1.50 bits per heavy atom. The fourth-order valence-corrected chi connectivity index (χ4v) is 1.62. The minimum absolute atomic E-state index is 0.293. The van der Waals surface area contributed by atoms with Crippen LogP contribution >= 0.6 is 0 Å². The normalized spacial score (nSPS) is 21.0. The second-order valence-corrected chi connectivity index (χ2v) is 3.86. The highest BCUT2D eigenvalue weighted by atomic mass is 16.3. The third kappa shape index (κ3) is 2.73. The van der Waals surface area contributed by atoms with E-state index in [1.54, 1.807) is 0 Å². The molecule has 1 saturated heterocycles. The topological polar surface area (TPSA) is 44.3 Å². The van der Waals surface area contributed by atoms with Crippen LogP contribution in [0.5, 0.6) is 0 Å². The maximum absolute atomic E-state index is 8.86. The van der Waals surface area contributed by atoms with E-state index in [1.807, 2.05) is 0 Å². The van der Waals surface area contributed by atoms with E-state index in [9.17, 15) is 0 Å². The van der Waals surface area contributed by atoms with Crippen LogP contribution in [-0.4, -0.2) is 36.9 Å². The Balaban J connectivity index is 2.26. The first-order valence-corrected chi connectivity index (χ1v) is 4.81. The Hall–Kier alpha value is -0.120. The minimum Gasteiger partial charge on any atom is -0.396 e. The Labute approximate surface area is 74.5 Å². The molecule has 1 fully saturated rings. The average Bonchev–Trinajstić information content (AvgIpc) is 1.81. The van der Waals surface area contributed by atoms with Gasteiger partial charge in [0.05, 0.1) is 0 Å².